The third-order valence-corrected chi connectivity index (χ3v) is 3.76. The minimum atomic E-state index is -2.35. The number of rotatable bonds is 8. The number of hydrogen-bond acceptors (Lipinski definition) is 2. The SMILES string of the molecule is CC=CC(=O)OCCCCCC[Si](C)(C)F. The first-order valence-corrected chi connectivity index (χ1v) is 9.02. The molecule has 0 aromatic heterocycles. The van der Waals surface area contributed by atoms with Crippen LogP contribution in [0, 0.1) is 0 Å². The van der Waals surface area contributed by atoms with E-state index < -0.39 is 8.41 Å². The van der Waals surface area contributed by atoms with Crippen LogP contribution in [-0.4, -0.2) is 21.0 Å². The van der Waals surface area contributed by atoms with Gasteiger partial charge in [0.25, 0.3) is 0 Å². The molecule has 94 valence electrons. The summed E-state index contributed by atoms with van der Waals surface area (Å²) in [7, 11) is -2.35. The monoisotopic (exact) mass is 246 g/mol. The van der Waals surface area contributed by atoms with E-state index in [1.807, 2.05) is 0 Å². The van der Waals surface area contributed by atoms with Crippen LogP contribution in [0.4, 0.5) is 4.11 Å². The molecule has 0 saturated heterocycles. The highest BCUT2D eigenvalue weighted by molar-refractivity contribution is 6.70. The van der Waals surface area contributed by atoms with Gasteiger partial charge in [-0.25, -0.2) is 4.79 Å². The summed E-state index contributed by atoms with van der Waals surface area (Å²) >= 11 is 0. The first-order valence-electron chi connectivity index (χ1n) is 5.94. The third kappa shape index (κ3) is 11.4. The molecule has 0 aliphatic heterocycles. The van der Waals surface area contributed by atoms with Gasteiger partial charge < -0.3 is 8.84 Å². The van der Waals surface area contributed by atoms with Crippen molar-refractivity contribution < 1.29 is 13.6 Å². The summed E-state index contributed by atoms with van der Waals surface area (Å²) in [5.74, 6) is -0.278. The topological polar surface area (TPSA) is 26.3 Å². The van der Waals surface area contributed by atoms with E-state index >= 15 is 0 Å². The second-order valence-electron chi connectivity index (χ2n) is 4.55. The number of esters is 1. The average molecular weight is 246 g/mol. The van der Waals surface area contributed by atoms with Crippen molar-refractivity contribution in [1.29, 1.82) is 0 Å². The smallest absolute Gasteiger partial charge is 0.330 e. The number of hydrogen-bond donors (Lipinski definition) is 0. The summed E-state index contributed by atoms with van der Waals surface area (Å²) in [6.07, 6.45) is 6.94. The zero-order chi connectivity index (χ0) is 12.4. The van der Waals surface area contributed by atoms with Crippen molar-refractivity contribution in [3.8, 4) is 0 Å². The molecule has 0 atom stereocenters. The Kier molecular flexibility index (Phi) is 8.16. The van der Waals surface area contributed by atoms with Crippen LogP contribution >= 0.6 is 0 Å². The summed E-state index contributed by atoms with van der Waals surface area (Å²) in [4.78, 5) is 10.9. The van der Waals surface area contributed by atoms with Crippen LogP contribution in [0.2, 0.25) is 19.1 Å². The van der Waals surface area contributed by atoms with Crippen LogP contribution in [-0.2, 0) is 9.53 Å². The second kappa shape index (κ2) is 8.50. The van der Waals surface area contributed by atoms with E-state index in [4.69, 9.17) is 4.74 Å². The third-order valence-electron chi connectivity index (χ3n) is 2.21. The van der Waals surface area contributed by atoms with E-state index in [9.17, 15) is 8.90 Å². The van der Waals surface area contributed by atoms with Crippen LogP contribution in [0.3, 0.4) is 0 Å². The van der Waals surface area contributed by atoms with Gasteiger partial charge in [-0.1, -0.05) is 25.3 Å². The standard InChI is InChI=1S/C12H23FO2Si/c1-4-9-12(14)15-10-7-5-6-8-11-16(2,3)13/h4,9H,5-8,10-11H2,1-3H3. The van der Waals surface area contributed by atoms with Gasteiger partial charge in [-0.3, -0.25) is 0 Å². The summed E-state index contributed by atoms with van der Waals surface area (Å²) in [5.41, 5.74) is 0. The lowest BCUT2D eigenvalue weighted by Crippen LogP contribution is -2.16. The number of ether oxygens (including phenoxy) is 1. The molecule has 0 N–H and O–H groups in total. The maximum atomic E-state index is 13.2. The Hall–Kier alpha value is -0.643. The second-order valence-corrected chi connectivity index (χ2v) is 8.49. The highest BCUT2D eigenvalue weighted by Crippen LogP contribution is 2.15. The van der Waals surface area contributed by atoms with Crippen LogP contribution < -0.4 is 0 Å². The molecule has 0 rings (SSSR count). The Morgan fingerprint density at radius 1 is 1.25 bits per heavy atom. The van der Waals surface area contributed by atoms with Gasteiger partial charge in [-0.05, 0) is 32.5 Å². The van der Waals surface area contributed by atoms with E-state index in [2.05, 4.69) is 0 Å². The summed E-state index contributed by atoms with van der Waals surface area (Å²) in [6.45, 7) is 5.74. The fourth-order valence-corrected chi connectivity index (χ4v) is 2.45. The molecule has 0 unspecified atom stereocenters. The van der Waals surface area contributed by atoms with Gasteiger partial charge in [0.05, 0.1) is 6.61 Å². The van der Waals surface area contributed by atoms with Gasteiger partial charge in [-0.2, -0.15) is 0 Å². The maximum Gasteiger partial charge on any atom is 0.330 e. The molecular formula is C12H23FO2Si. The van der Waals surface area contributed by atoms with E-state index in [1.165, 1.54) is 6.08 Å². The number of allylic oxidation sites excluding steroid dienone is 1. The summed E-state index contributed by atoms with van der Waals surface area (Å²) in [5, 5.41) is 0. The molecule has 0 saturated carbocycles. The molecule has 0 aromatic carbocycles. The Labute approximate surface area is 99.1 Å². The van der Waals surface area contributed by atoms with Gasteiger partial charge in [-0.15, -0.1) is 0 Å². The van der Waals surface area contributed by atoms with Crippen LogP contribution in [0.1, 0.15) is 32.6 Å². The van der Waals surface area contributed by atoms with E-state index in [1.54, 1.807) is 26.1 Å². The quantitative estimate of drug-likeness (QED) is 0.214. The molecule has 0 aromatic rings. The van der Waals surface area contributed by atoms with Crippen molar-refractivity contribution in [2.24, 2.45) is 0 Å². The van der Waals surface area contributed by atoms with Crippen LogP contribution in [0.15, 0.2) is 12.2 Å². The minimum absolute atomic E-state index is 0.278. The van der Waals surface area contributed by atoms with Crippen LogP contribution in [0.25, 0.3) is 0 Å². The van der Waals surface area contributed by atoms with Crippen LogP contribution in [0.5, 0.6) is 0 Å². The molecule has 0 fully saturated rings. The van der Waals surface area contributed by atoms with Gasteiger partial charge in [0, 0.05) is 6.08 Å². The van der Waals surface area contributed by atoms with Gasteiger partial charge in [0.2, 0.25) is 8.41 Å². The molecule has 0 heterocycles. The van der Waals surface area contributed by atoms with E-state index in [0.717, 1.165) is 31.7 Å². The van der Waals surface area contributed by atoms with Crippen molar-refractivity contribution in [3.05, 3.63) is 12.2 Å². The summed E-state index contributed by atoms with van der Waals surface area (Å²) < 4.78 is 18.2. The Balaban J connectivity index is 3.25. The minimum Gasteiger partial charge on any atom is -0.463 e. The first kappa shape index (κ1) is 15.4. The number of unbranched alkanes of at least 4 members (excludes halogenated alkanes) is 3. The lowest BCUT2D eigenvalue weighted by molar-refractivity contribution is -0.137. The number of halogens is 1. The van der Waals surface area contributed by atoms with Crippen molar-refractivity contribution in [2.45, 2.75) is 51.7 Å². The van der Waals surface area contributed by atoms with Crippen molar-refractivity contribution in [2.75, 3.05) is 6.61 Å². The van der Waals surface area contributed by atoms with Gasteiger partial charge >= 0.3 is 5.97 Å². The van der Waals surface area contributed by atoms with Crippen molar-refractivity contribution >= 4 is 14.4 Å². The number of carbonyl (C=O) groups excluding carboxylic acids is 1. The molecule has 0 spiro atoms. The highest BCUT2D eigenvalue weighted by atomic mass is 28.4. The molecule has 0 aliphatic carbocycles. The molecule has 0 aliphatic rings. The lowest BCUT2D eigenvalue weighted by Gasteiger charge is -2.09. The predicted octanol–water partition coefficient (Wildman–Crippen LogP) is 3.84. The molecule has 0 radical (unpaired) electrons. The van der Waals surface area contributed by atoms with Gasteiger partial charge in [0.15, 0.2) is 0 Å². The Bertz CT molecular complexity index is 222. The van der Waals surface area contributed by atoms with E-state index in [0.29, 0.717) is 6.61 Å². The molecule has 2 nitrogen and oxygen atoms in total. The molecule has 4 heteroatoms. The molecule has 0 amide bonds. The van der Waals surface area contributed by atoms with Gasteiger partial charge in [0.1, 0.15) is 0 Å². The average Bonchev–Trinajstić information content (AvgIpc) is 2.15. The first-order chi connectivity index (χ1) is 7.45. The number of carbonyl (C=O) groups is 1. The predicted molar refractivity (Wildman–Crippen MR) is 67.6 cm³/mol. The Morgan fingerprint density at radius 3 is 2.44 bits per heavy atom. The highest BCUT2D eigenvalue weighted by Gasteiger charge is 2.18. The lowest BCUT2D eigenvalue weighted by atomic mass is 10.2. The van der Waals surface area contributed by atoms with Crippen molar-refractivity contribution in [1.82, 2.24) is 0 Å². The van der Waals surface area contributed by atoms with E-state index in [-0.39, 0.29) is 5.97 Å². The zero-order valence-corrected chi connectivity index (χ0v) is 11.6. The maximum absolute atomic E-state index is 13.2. The zero-order valence-electron chi connectivity index (χ0n) is 10.6. The molecule has 0 bridgehead atoms. The fraction of sp³-hybridized carbons (Fsp3) is 0.750. The molecule has 16 heavy (non-hydrogen) atoms. The Morgan fingerprint density at radius 2 is 1.88 bits per heavy atom. The summed E-state index contributed by atoms with van der Waals surface area (Å²) in [6, 6.07) is 0.741. The largest absolute Gasteiger partial charge is 0.463 e. The molecular weight excluding hydrogens is 223 g/mol. The fourth-order valence-electron chi connectivity index (χ4n) is 1.36. The van der Waals surface area contributed by atoms with Crippen molar-refractivity contribution in [3.63, 3.8) is 0 Å². The normalized spacial score (nSPS) is 12.0.